The van der Waals surface area contributed by atoms with Gasteiger partial charge in [-0.3, -0.25) is 0 Å². The molecule has 106 valence electrons. The number of ether oxygens (including phenoxy) is 1. The van der Waals surface area contributed by atoms with E-state index in [1.165, 1.54) is 6.33 Å². The Labute approximate surface area is 126 Å². The number of aromatic nitrogens is 2. The summed E-state index contributed by atoms with van der Waals surface area (Å²) in [6.07, 6.45) is 1.51. The lowest BCUT2D eigenvalue weighted by atomic mass is 10.2. The van der Waals surface area contributed by atoms with Crippen LogP contribution in [0.2, 0.25) is 0 Å². The van der Waals surface area contributed by atoms with Gasteiger partial charge in [0.2, 0.25) is 5.75 Å². The second-order valence-electron chi connectivity index (χ2n) is 4.20. The molecule has 0 aliphatic carbocycles. The van der Waals surface area contributed by atoms with Crippen LogP contribution in [0.3, 0.4) is 0 Å². The number of aryl methyl sites for hydroxylation is 1. The average molecular weight is 337 g/mol. The van der Waals surface area contributed by atoms with Crippen molar-refractivity contribution < 1.29 is 4.74 Å². The fraction of sp³-hybridized carbons (Fsp3) is 0.286. The Morgan fingerprint density at radius 2 is 2.00 bits per heavy atom. The molecule has 2 rings (SSSR count). The van der Waals surface area contributed by atoms with Crippen molar-refractivity contribution in [3.63, 3.8) is 0 Å². The number of nitrogens with one attached hydrogen (secondary N) is 2. The minimum atomic E-state index is 0.600. The Balaban J connectivity index is 2.38. The molecular formula is C14H17BrN4O. The molecule has 0 atom stereocenters. The Morgan fingerprint density at radius 1 is 1.25 bits per heavy atom. The molecule has 0 radical (unpaired) electrons. The van der Waals surface area contributed by atoms with Crippen LogP contribution in [0.5, 0.6) is 5.75 Å². The first-order chi connectivity index (χ1) is 9.67. The number of methoxy groups -OCH3 is 1. The molecule has 0 amide bonds. The van der Waals surface area contributed by atoms with Gasteiger partial charge in [-0.25, -0.2) is 9.97 Å². The van der Waals surface area contributed by atoms with E-state index < -0.39 is 0 Å². The summed E-state index contributed by atoms with van der Waals surface area (Å²) in [5.41, 5.74) is 2.08. The van der Waals surface area contributed by atoms with Crippen LogP contribution >= 0.6 is 15.9 Å². The second kappa shape index (κ2) is 6.56. The van der Waals surface area contributed by atoms with Gasteiger partial charge in [0.15, 0.2) is 11.6 Å². The van der Waals surface area contributed by atoms with E-state index in [0.717, 1.165) is 22.3 Å². The van der Waals surface area contributed by atoms with Crippen LogP contribution in [0.15, 0.2) is 29.0 Å². The smallest absolute Gasteiger partial charge is 0.204 e. The van der Waals surface area contributed by atoms with Gasteiger partial charge < -0.3 is 15.4 Å². The molecule has 0 bridgehead atoms. The molecule has 5 nitrogen and oxygen atoms in total. The van der Waals surface area contributed by atoms with E-state index in [4.69, 9.17) is 4.74 Å². The molecule has 2 aromatic rings. The zero-order chi connectivity index (χ0) is 14.5. The summed E-state index contributed by atoms with van der Waals surface area (Å²) < 4.78 is 6.41. The Hall–Kier alpha value is -1.82. The maximum atomic E-state index is 5.41. The third kappa shape index (κ3) is 3.01. The normalized spacial score (nSPS) is 10.2. The van der Waals surface area contributed by atoms with Crippen molar-refractivity contribution >= 4 is 33.3 Å². The van der Waals surface area contributed by atoms with E-state index in [-0.39, 0.29) is 0 Å². The van der Waals surface area contributed by atoms with E-state index in [1.807, 2.05) is 32.0 Å². The van der Waals surface area contributed by atoms with Crippen molar-refractivity contribution in [2.24, 2.45) is 0 Å². The number of rotatable bonds is 5. The van der Waals surface area contributed by atoms with Gasteiger partial charge in [0.05, 0.1) is 12.8 Å². The summed E-state index contributed by atoms with van der Waals surface area (Å²) in [6.45, 7) is 4.81. The highest BCUT2D eigenvalue weighted by Crippen LogP contribution is 2.34. The summed E-state index contributed by atoms with van der Waals surface area (Å²) in [5.74, 6) is 1.91. The summed E-state index contributed by atoms with van der Waals surface area (Å²) in [4.78, 5) is 8.43. The molecule has 6 heteroatoms. The minimum Gasteiger partial charge on any atom is -0.490 e. The highest BCUT2D eigenvalue weighted by atomic mass is 79.9. The summed E-state index contributed by atoms with van der Waals surface area (Å²) in [5, 5.41) is 6.42. The predicted molar refractivity (Wildman–Crippen MR) is 84.9 cm³/mol. The zero-order valence-electron chi connectivity index (χ0n) is 11.7. The van der Waals surface area contributed by atoms with Crippen LogP contribution in [0.4, 0.5) is 17.3 Å². The van der Waals surface area contributed by atoms with Gasteiger partial charge in [-0.05, 0) is 41.4 Å². The molecular weight excluding hydrogens is 320 g/mol. The molecule has 0 fully saturated rings. The third-order valence-electron chi connectivity index (χ3n) is 2.80. The van der Waals surface area contributed by atoms with E-state index in [9.17, 15) is 0 Å². The first kappa shape index (κ1) is 14.6. The van der Waals surface area contributed by atoms with E-state index in [0.29, 0.717) is 17.4 Å². The first-order valence-electron chi connectivity index (χ1n) is 6.32. The fourth-order valence-electron chi connectivity index (χ4n) is 1.82. The van der Waals surface area contributed by atoms with Gasteiger partial charge in [0.1, 0.15) is 6.33 Å². The number of halogens is 1. The maximum absolute atomic E-state index is 5.41. The molecule has 20 heavy (non-hydrogen) atoms. The number of hydrogen-bond acceptors (Lipinski definition) is 5. The molecule has 0 aliphatic rings. The molecule has 2 N–H and O–H groups in total. The Bertz CT molecular complexity index is 604. The Morgan fingerprint density at radius 3 is 2.70 bits per heavy atom. The van der Waals surface area contributed by atoms with Gasteiger partial charge >= 0.3 is 0 Å². The first-order valence-corrected chi connectivity index (χ1v) is 7.11. The monoisotopic (exact) mass is 336 g/mol. The van der Waals surface area contributed by atoms with E-state index in [1.54, 1.807) is 7.11 Å². The molecule has 1 heterocycles. The molecule has 0 saturated carbocycles. The third-order valence-corrected chi connectivity index (χ3v) is 3.85. The molecule has 0 spiro atoms. The highest BCUT2D eigenvalue weighted by Gasteiger charge is 2.13. The van der Waals surface area contributed by atoms with Crippen LogP contribution in [0.25, 0.3) is 0 Å². The Kier molecular flexibility index (Phi) is 4.79. The maximum Gasteiger partial charge on any atom is 0.204 e. The molecule has 0 unspecified atom stereocenters. The number of benzene rings is 1. The van der Waals surface area contributed by atoms with E-state index >= 15 is 0 Å². The van der Waals surface area contributed by atoms with Crippen LogP contribution in [0.1, 0.15) is 12.5 Å². The van der Waals surface area contributed by atoms with Gasteiger partial charge in [-0.15, -0.1) is 0 Å². The molecule has 0 saturated heterocycles. The highest BCUT2D eigenvalue weighted by molar-refractivity contribution is 9.10. The standard InChI is InChI=1S/C14H17BrN4O/c1-4-16-13-12(20-3)14(18-8-17-13)19-10-7-5-6-9(2)11(10)15/h5-8H,4H2,1-3H3,(H2,16,17,18,19). The van der Waals surface area contributed by atoms with E-state index in [2.05, 4.69) is 36.5 Å². The molecule has 1 aromatic carbocycles. The fourth-order valence-corrected chi connectivity index (χ4v) is 2.18. The van der Waals surface area contributed by atoms with Crippen molar-refractivity contribution in [2.75, 3.05) is 24.3 Å². The molecule has 0 aliphatic heterocycles. The van der Waals surface area contributed by atoms with Gasteiger partial charge in [-0.1, -0.05) is 12.1 Å². The largest absolute Gasteiger partial charge is 0.490 e. The summed E-state index contributed by atoms with van der Waals surface area (Å²) in [6, 6.07) is 6.00. The number of anilines is 3. The predicted octanol–water partition coefficient (Wildman–Crippen LogP) is 3.73. The quantitative estimate of drug-likeness (QED) is 0.871. The van der Waals surface area contributed by atoms with Crippen molar-refractivity contribution in [1.29, 1.82) is 0 Å². The zero-order valence-corrected chi connectivity index (χ0v) is 13.3. The number of hydrogen-bond donors (Lipinski definition) is 2. The average Bonchev–Trinajstić information content (AvgIpc) is 2.44. The van der Waals surface area contributed by atoms with Gasteiger partial charge in [0, 0.05) is 11.0 Å². The minimum absolute atomic E-state index is 0.600. The van der Waals surface area contributed by atoms with Crippen molar-refractivity contribution in [3.8, 4) is 5.75 Å². The van der Waals surface area contributed by atoms with Gasteiger partial charge in [0.25, 0.3) is 0 Å². The summed E-state index contributed by atoms with van der Waals surface area (Å²) >= 11 is 3.57. The van der Waals surface area contributed by atoms with Crippen LogP contribution in [0, 0.1) is 6.92 Å². The lowest BCUT2D eigenvalue weighted by Crippen LogP contribution is -2.06. The lowest BCUT2D eigenvalue weighted by Gasteiger charge is -2.14. The van der Waals surface area contributed by atoms with Crippen molar-refractivity contribution in [3.05, 3.63) is 34.6 Å². The second-order valence-corrected chi connectivity index (χ2v) is 4.99. The van der Waals surface area contributed by atoms with Gasteiger partial charge in [-0.2, -0.15) is 0 Å². The summed E-state index contributed by atoms with van der Waals surface area (Å²) in [7, 11) is 1.61. The van der Waals surface area contributed by atoms with Crippen LogP contribution < -0.4 is 15.4 Å². The topological polar surface area (TPSA) is 59.1 Å². The van der Waals surface area contributed by atoms with Crippen LogP contribution in [-0.4, -0.2) is 23.6 Å². The van der Waals surface area contributed by atoms with Crippen molar-refractivity contribution in [2.45, 2.75) is 13.8 Å². The molecule has 1 aromatic heterocycles. The lowest BCUT2D eigenvalue weighted by molar-refractivity contribution is 0.415. The SMILES string of the molecule is CCNc1ncnc(Nc2cccc(C)c2Br)c1OC. The van der Waals surface area contributed by atoms with Crippen molar-refractivity contribution in [1.82, 2.24) is 9.97 Å². The van der Waals surface area contributed by atoms with Crippen LogP contribution in [-0.2, 0) is 0 Å². The number of nitrogens with zero attached hydrogens (tertiary/aromatic N) is 2.